The molecule has 1 aromatic carbocycles. The maximum absolute atomic E-state index is 9.10. The Morgan fingerprint density at radius 3 is 2.40 bits per heavy atom. The molecule has 0 heterocycles. The normalized spacial score (nSPS) is 9.80. The van der Waals surface area contributed by atoms with E-state index in [9.17, 15) is 0 Å². The molecule has 1 aromatic rings. The van der Waals surface area contributed by atoms with Crippen LogP contribution in [0.3, 0.4) is 0 Å². The van der Waals surface area contributed by atoms with Crippen LogP contribution < -0.4 is 0 Å². The summed E-state index contributed by atoms with van der Waals surface area (Å²) < 4.78 is 0. The van der Waals surface area contributed by atoms with Crippen LogP contribution in [0.15, 0.2) is 12.1 Å². The number of benzene rings is 1. The van der Waals surface area contributed by atoms with Gasteiger partial charge in [-0.2, -0.15) is 0 Å². The first-order valence-corrected chi connectivity index (χ1v) is 3.17. The van der Waals surface area contributed by atoms with E-state index in [4.69, 9.17) is 21.8 Å². The van der Waals surface area contributed by atoms with Crippen molar-refractivity contribution in [3.63, 3.8) is 0 Å². The van der Waals surface area contributed by atoms with Crippen molar-refractivity contribution in [2.24, 2.45) is 0 Å². The van der Waals surface area contributed by atoms with Gasteiger partial charge in [-0.25, -0.2) is 0 Å². The summed E-state index contributed by atoms with van der Waals surface area (Å²) in [4.78, 5) is 0. The second kappa shape index (κ2) is 2.39. The van der Waals surface area contributed by atoms with E-state index in [2.05, 4.69) is 0 Å². The Bertz CT molecular complexity index is 231. The first kappa shape index (κ1) is 7.22. The fourth-order valence-corrected chi connectivity index (χ4v) is 0.862. The molecule has 54 valence electrons. The first-order valence-electron chi connectivity index (χ1n) is 2.80. The maximum Gasteiger partial charge on any atom is 0.140 e. The first-order chi connectivity index (χ1) is 4.63. The minimum Gasteiger partial charge on any atom is -0.506 e. The van der Waals surface area contributed by atoms with E-state index in [-0.39, 0.29) is 16.5 Å². The average Bonchev–Trinajstić information content (AvgIpc) is 1.93. The lowest BCUT2D eigenvalue weighted by molar-refractivity contribution is 0.448. The fraction of sp³-hybridized carbons (Fsp3) is 0.143. The molecular weight excluding hydrogens is 152 g/mol. The molecule has 2 N–H and O–H groups in total. The number of halogens is 1. The summed E-state index contributed by atoms with van der Waals surface area (Å²) in [7, 11) is 0. The van der Waals surface area contributed by atoms with Crippen molar-refractivity contribution in [2.45, 2.75) is 6.92 Å². The Kier molecular flexibility index (Phi) is 1.72. The van der Waals surface area contributed by atoms with E-state index in [0.717, 1.165) is 0 Å². The van der Waals surface area contributed by atoms with E-state index in [0.29, 0.717) is 5.56 Å². The minimum atomic E-state index is -0.0928. The van der Waals surface area contributed by atoms with Crippen LogP contribution >= 0.6 is 11.6 Å². The van der Waals surface area contributed by atoms with Crippen LogP contribution in [0.1, 0.15) is 5.56 Å². The maximum atomic E-state index is 9.10. The van der Waals surface area contributed by atoms with Gasteiger partial charge in [0.25, 0.3) is 0 Å². The van der Waals surface area contributed by atoms with Gasteiger partial charge < -0.3 is 10.2 Å². The molecule has 0 spiro atoms. The third kappa shape index (κ3) is 1.02. The van der Waals surface area contributed by atoms with Crippen LogP contribution in [0, 0.1) is 6.92 Å². The molecule has 0 saturated carbocycles. The molecule has 0 radical (unpaired) electrons. The quantitative estimate of drug-likeness (QED) is 0.607. The summed E-state index contributed by atoms with van der Waals surface area (Å²) in [6.07, 6.45) is 0. The number of aryl methyl sites for hydroxylation is 1. The van der Waals surface area contributed by atoms with E-state index >= 15 is 0 Å². The molecule has 10 heavy (non-hydrogen) atoms. The summed E-state index contributed by atoms with van der Waals surface area (Å²) in [5.41, 5.74) is 0.655. The second-order valence-corrected chi connectivity index (χ2v) is 2.44. The number of hydrogen-bond acceptors (Lipinski definition) is 2. The molecule has 0 saturated heterocycles. The zero-order valence-electron chi connectivity index (χ0n) is 5.43. The van der Waals surface area contributed by atoms with Gasteiger partial charge in [-0.1, -0.05) is 17.7 Å². The number of rotatable bonds is 0. The summed E-state index contributed by atoms with van der Waals surface area (Å²) in [6, 6.07) is 3.04. The van der Waals surface area contributed by atoms with Crippen LogP contribution in [0.4, 0.5) is 0 Å². The lowest BCUT2D eigenvalue weighted by Gasteiger charge is -2.01. The van der Waals surface area contributed by atoms with E-state index in [1.807, 2.05) is 0 Å². The van der Waals surface area contributed by atoms with E-state index in [1.165, 1.54) is 6.07 Å². The highest BCUT2D eigenvalue weighted by Crippen LogP contribution is 2.34. The average molecular weight is 159 g/mol. The largest absolute Gasteiger partial charge is 0.506 e. The number of phenols is 2. The highest BCUT2D eigenvalue weighted by Gasteiger charge is 2.05. The molecule has 0 fully saturated rings. The van der Waals surface area contributed by atoms with Crippen LogP contribution in [0.5, 0.6) is 11.5 Å². The smallest absolute Gasteiger partial charge is 0.140 e. The Morgan fingerprint density at radius 1 is 1.30 bits per heavy atom. The zero-order valence-corrected chi connectivity index (χ0v) is 6.18. The standard InChI is InChI=1S/C7H7ClO2/c1-4-2-3-5(9)6(8)7(4)10/h2-3,9-10H,1H3. The molecule has 0 bridgehead atoms. The third-order valence-electron chi connectivity index (χ3n) is 1.30. The molecule has 1 rings (SSSR count). The highest BCUT2D eigenvalue weighted by molar-refractivity contribution is 6.33. The van der Waals surface area contributed by atoms with Gasteiger partial charge in [-0.05, 0) is 18.6 Å². The van der Waals surface area contributed by atoms with Crippen LogP contribution in [0.2, 0.25) is 5.02 Å². The van der Waals surface area contributed by atoms with Gasteiger partial charge in [0.2, 0.25) is 0 Å². The van der Waals surface area contributed by atoms with Crippen molar-refractivity contribution in [3.05, 3.63) is 22.7 Å². The predicted octanol–water partition coefficient (Wildman–Crippen LogP) is 2.06. The third-order valence-corrected chi connectivity index (χ3v) is 1.67. The van der Waals surface area contributed by atoms with Crippen LogP contribution in [-0.4, -0.2) is 10.2 Å². The van der Waals surface area contributed by atoms with Crippen molar-refractivity contribution in [1.82, 2.24) is 0 Å². The van der Waals surface area contributed by atoms with Crippen LogP contribution in [0.25, 0.3) is 0 Å². The topological polar surface area (TPSA) is 40.5 Å². The molecule has 0 amide bonds. The summed E-state index contributed by atoms with van der Waals surface area (Å²) >= 11 is 5.48. The molecule has 0 aliphatic rings. The van der Waals surface area contributed by atoms with Gasteiger partial charge in [0.15, 0.2) is 0 Å². The highest BCUT2D eigenvalue weighted by atomic mass is 35.5. The number of aromatic hydroxyl groups is 2. The summed E-state index contributed by atoms with van der Waals surface area (Å²) in [5.74, 6) is -0.147. The van der Waals surface area contributed by atoms with Gasteiger partial charge in [0, 0.05) is 0 Å². The molecule has 0 aliphatic heterocycles. The Balaban J connectivity index is 3.34. The van der Waals surface area contributed by atoms with Crippen molar-refractivity contribution in [3.8, 4) is 11.5 Å². The van der Waals surface area contributed by atoms with Crippen LogP contribution in [-0.2, 0) is 0 Å². The van der Waals surface area contributed by atoms with Crippen molar-refractivity contribution >= 4 is 11.6 Å². The lowest BCUT2D eigenvalue weighted by Crippen LogP contribution is -1.75. The van der Waals surface area contributed by atoms with E-state index < -0.39 is 0 Å². The minimum absolute atomic E-state index is 0.0139. The fourth-order valence-electron chi connectivity index (χ4n) is 0.650. The van der Waals surface area contributed by atoms with Gasteiger partial charge in [-0.15, -0.1) is 0 Å². The molecular formula is C7H7ClO2. The van der Waals surface area contributed by atoms with Gasteiger partial charge >= 0.3 is 0 Å². The zero-order chi connectivity index (χ0) is 7.72. The Hall–Kier alpha value is -0.890. The molecule has 0 atom stereocenters. The SMILES string of the molecule is Cc1ccc(O)c(Cl)c1O. The van der Waals surface area contributed by atoms with Crippen molar-refractivity contribution in [2.75, 3.05) is 0 Å². The second-order valence-electron chi connectivity index (χ2n) is 2.06. The van der Waals surface area contributed by atoms with Gasteiger partial charge in [0.05, 0.1) is 0 Å². The molecule has 3 heteroatoms. The number of phenolic OH excluding ortho intramolecular Hbond substituents is 2. The Labute approximate surface area is 63.7 Å². The van der Waals surface area contributed by atoms with Gasteiger partial charge in [0.1, 0.15) is 16.5 Å². The lowest BCUT2D eigenvalue weighted by atomic mass is 10.2. The van der Waals surface area contributed by atoms with Gasteiger partial charge in [-0.3, -0.25) is 0 Å². The monoisotopic (exact) mass is 158 g/mol. The summed E-state index contributed by atoms with van der Waals surface area (Å²) in [5, 5.41) is 18.0. The van der Waals surface area contributed by atoms with Crippen molar-refractivity contribution in [1.29, 1.82) is 0 Å². The van der Waals surface area contributed by atoms with Crippen molar-refractivity contribution < 1.29 is 10.2 Å². The Morgan fingerprint density at radius 2 is 1.90 bits per heavy atom. The molecule has 0 aromatic heterocycles. The van der Waals surface area contributed by atoms with E-state index in [1.54, 1.807) is 13.0 Å². The molecule has 0 unspecified atom stereocenters. The molecule has 0 aliphatic carbocycles. The number of hydrogen-bond donors (Lipinski definition) is 2. The molecule has 2 nitrogen and oxygen atoms in total. The summed E-state index contributed by atoms with van der Waals surface area (Å²) in [6.45, 7) is 1.71. The predicted molar refractivity (Wildman–Crippen MR) is 39.5 cm³/mol.